The number of benzene rings is 2. The highest BCUT2D eigenvalue weighted by atomic mass is 32.2. The molecular weight excluding hydrogens is 320 g/mol. The third-order valence-electron chi connectivity index (χ3n) is 3.98. The standard InChI is InChI=1S/C19H20N2O2S/c1-11(2)13-5-4-6-15(9-13)20-19(23)14-7-8-17-16(10-14)21-18(22)12(3)24-17/h4-12H,1-3H3,(H,20,23)(H,21,22). The molecule has 0 aromatic heterocycles. The minimum Gasteiger partial charge on any atom is -0.324 e. The van der Waals surface area contributed by atoms with Crippen LogP contribution in [0.4, 0.5) is 11.4 Å². The van der Waals surface area contributed by atoms with Gasteiger partial charge in [0.05, 0.1) is 10.9 Å². The number of carbonyl (C=O) groups excluding carboxylic acids is 2. The number of amides is 2. The first-order valence-electron chi connectivity index (χ1n) is 7.97. The van der Waals surface area contributed by atoms with Gasteiger partial charge in [-0.2, -0.15) is 0 Å². The van der Waals surface area contributed by atoms with Gasteiger partial charge in [-0.3, -0.25) is 9.59 Å². The zero-order valence-electron chi connectivity index (χ0n) is 13.9. The van der Waals surface area contributed by atoms with Crippen molar-refractivity contribution in [1.82, 2.24) is 0 Å². The molecule has 1 aliphatic rings. The smallest absolute Gasteiger partial charge is 0.255 e. The van der Waals surface area contributed by atoms with Crippen molar-refractivity contribution in [2.45, 2.75) is 36.8 Å². The molecule has 2 aromatic rings. The molecule has 4 nitrogen and oxygen atoms in total. The summed E-state index contributed by atoms with van der Waals surface area (Å²) in [7, 11) is 0. The summed E-state index contributed by atoms with van der Waals surface area (Å²) in [5.41, 5.74) is 3.18. The Hall–Kier alpha value is -2.27. The average Bonchev–Trinajstić information content (AvgIpc) is 2.55. The molecule has 0 radical (unpaired) electrons. The number of fused-ring (bicyclic) bond motifs is 1. The minimum atomic E-state index is -0.184. The second-order valence-electron chi connectivity index (χ2n) is 6.19. The summed E-state index contributed by atoms with van der Waals surface area (Å²) in [6.45, 7) is 6.10. The van der Waals surface area contributed by atoms with Gasteiger partial charge >= 0.3 is 0 Å². The lowest BCUT2D eigenvalue weighted by molar-refractivity contribution is -0.115. The molecule has 0 saturated carbocycles. The van der Waals surface area contributed by atoms with Crippen LogP contribution in [0.25, 0.3) is 0 Å². The Labute approximate surface area is 146 Å². The lowest BCUT2D eigenvalue weighted by Gasteiger charge is -2.21. The van der Waals surface area contributed by atoms with Crippen LogP contribution in [0.1, 0.15) is 42.6 Å². The van der Waals surface area contributed by atoms with Crippen LogP contribution in [-0.2, 0) is 4.79 Å². The molecule has 5 heteroatoms. The van der Waals surface area contributed by atoms with E-state index in [9.17, 15) is 9.59 Å². The van der Waals surface area contributed by atoms with Crippen molar-refractivity contribution in [2.75, 3.05) is 10.6 Å². The highest BCUT2D eigenvalue weighted by molar-refractivity contribution is 8.00. The molecule has 0 aliphatic carbocycles. The molecule has 2 N–H and O–H groups in total. The Morgan fingerprint density at radius 3 is 2.75 bits per heavy atom. The topological polar surface area (TPSA) is 58.2 Å². The monoisotopic (exact) mass is 340 g/mol. The predicted octanol–water partition coefficient (Wildman–Crippen LogP) is 4.50. The summed E-state index contributed by atoms with van der Waals surface area (Å²) in [6, 6.07) is 13.3. The summed E-state index contributed by atoms with van der Waals surface area (Å²) in [5, 5.41) is 5.66. The number of carbonyl (C=O) groups is 2. The lowest BCUT2D eigenvalue weighted by Crippen LogP contribution is -2.26. The normalized spacial score (nSPS) is 16.5. The quantitative estimate of drug-likeness (QED) is 0.865. The van der Waals surface area contributed by atoms with E-state index in [1.165, 1.54) is 17.3 Å². The van der Waals surface area contributed by atoms with E-state index in [4.69, 9.17) is 0 Å². The van der Waals surface area contributed by atoms with Crippen molar-refractivity contribution in [3.05, 3.63) is 53.6 Å². The second kappa shape index (κ2) is 6.69. The van der Waals surface area contributed by atoms with Crippen molar-refractivity contribution in [3.63, 3.8) is 0 Å². The Bertz CT molecular complexity index is 802. The van der Waals surface area contributed by atoms with Gasteiger partial charge in [0.1, 0.15) is 0 Å². The zero-order chi connectivity index (χ0) is 17.3. The van der Waals surface area contributed by atoms with Gasteiger partial charge in [-0.25, -0.2) is 0 Å². The number of nitrogens with one attached hydrogen (secondary N) is 2. The molecule has 3 rings (SSSR count). The van der Waals surface area contributed by atoms with Gasteiger partial charge in [0, 0.05) is 16.1 Å². The van der Waals surface area contributed by atoms with Gasteiger partial charge in [0.2, 0.25) is 5.91 Å². The molecule has 1 aliphatic heterocycles. The summed E-state index contributed by atoms with van der Waals surface area (Å²) in [6.07, 6.45) is 0. The van der Waals surface area contributed by atoms with E-state index in [0.29, 0.717) is 17.2 Å². The fourth-order valence-corrected chi connectivity index (χ4v) is 3.46. The van der Waals surface area contributed by atoms with E-state index in [1.807, 2.05) is 37.3 Å². The van der Waals surface area contributed by atoms with Crippen molar-refractivity contribution in [3.8, 4) is 0 Å². The number of anilines is 2. The first kappa shape index (κ1) is 16.6. The maximum atomic E-state index is 12.5. The summed E-state index contributed by atoms with van der Waals surface area (Å²) in [5.74, 6) is 0.186. The van der Waals surface area contributed by atoms with E-state index in [0.717, 1.165) is 10.6 Å². The van der Waals surface area contributed by atoms with E-state index in [-0.39, 0.29) is 17.1 Å². The van der Waals surface area contributed by atoms with Crippen LogP contribution >= 0.6 is 11.8 Å². The van der Waals surface area contributed by atoms with Crippen molar-refractivity contribution in [2.24, 2.45) is 0 Å². The second-order valence-corrected chi connectivity index (χ2v) is 7.58. The highest BCUT2D eigenvalue weighted by Crippen LogP contribution is 2.36. The molecule has 24 heavy (non-hydrogen) atoms. The number of thioether (sulfide) groups is 1. The van der Waals surface area contributed by atoms with Crippen molar-refractivity contribution >= 4 is 35.0 Å². The molecule has 1 atom stereocenters. The Kier molecular flexibility index (Phi) is 4.62. The van der Waals surface area contributed by atoms with Crippen LogP contribution in [0.3, 0.4) is 0 Å². The first-order chi connectivity index (χ1) is 11.4. The molecule has 0 fully saturated rings. The Balaban J connectivity index is 1.80. The predicted molar refractivity (Wildman–Crippen MR) is 98.9 cm³/mol. The van der Waals surface area contributed by atoms with Crippen molar-refractivity contribution < 1.29 is 9.59 Å². The average molecular weight is 340 g/mol. The maximum absolute atomic E-state index is 12.5. The molecular formula is C19H20N2O2S. The van der Waals surface area contributed by atoms with Crippen LogP contribution < -0.4 is 10.6 Å². The molecule has 2 amide bonds. The fraction of sp³-hybridized carbons (Fsp3) is 0.263. The van der Waals surface area contributed by atoms with Crippen LogP contribution in [0.2, 0.25) is 0 Å². The van der Waals surface area contributed by atoms with E-state index < -0.39 is 0 Å². The van der Waals surface area contributed by atoms with Gasteiger partial charge in [-0.15, -0.1) is 11.8 Å². The Morgan fingerprint density at radius 2 is 2.00 bits per heavy atom. The molecule has 0 saturated heterocycles. The summed E-state index contributed by atoms with van der Waals surface area (Å²) < 4.78 is 0. The van der Waals surface area contributed by atoms with Gasteiger partial charge in [0.15, 0.2) is 0 Å². The zero-order valence-corrected chi connectivity index (χ0v) is 14.7. The van der Waals surface area contributed by atoms with Gasteiger partial charge < -0.3 is 10.6 Å². The summed E-state index contributed by atoms with van der Waals surface area (Å²) >= 11 is 1.51. The summed E-state index contributed by atoms with van der Waals surface area (Å²) in [4.78, 5) is 25.3. The van der Waals surface area contributed by atoms with E-state index in [1.54, 1.807) is 12.1 Å². The number of hydrogen-bond donors (Lipinski definition) is 2. The number of hydrogen-bond acceptors (Lipinski definition) is 3. The van der Waals surface area contributed by atoms with Crippen LogP contribution in [-0.4, -0.2) is 17.1 Å². The van der Waals surface area contributed by atoms with Crippen molar-refractivity contribution in [1.29, 1.82) is 0 Å². The van der Waals surface area contributed by atoms with Crippen LogP contribution in [0, 0.1) is 0 Å². The third-order valence-corrected chi connectivity index (χ3v) is 5.16. The maximum Gasteiger partial charge on any atom is 0.255 e. The van der Waals surface area contributed by atoms with Gasteiger partial charge in [-0.05, 0) is 48.7 Å². The fourth-order valence-electron chi connectivity index (χ4n) is 2.53. The van der Waals surface area contributed by atoms with Crippen LogP contribution in [0.15, 0.2) is 47.4 Å². The number of rotatable bonds is 3. The molecule has 1 unspecified atom stereocenters. The molecule has 0 bridgehead atoms. The molecule has 1 heterocycles. The highest BCUT2D eigenvalue weighted by Gasteiger charge is 2.23. The molecule has 2 aromatic carbocycles. The van der Waals surface area contributed by atoms with E-state index >= 15 is 0 Å². The van der Waals surface area contributed by atoms with E-state index in [2.05, 4.69) is 24.5 Å². The third kappa shape index (κ3) is 3.46. The Morgan fingerprint density at radius 1 is 1.21 bits per heavy atom. The van der Waals surface area contributed by atoms with Gasteiger partial charge in [-0.1, -0.05) is 26.0 Å². The minimum absolute atomic E-state index is 0.0327. The lowest BCUT2D eigenvalue weighted by atomic mass is 10.0. The van der Waals surface area contributed by atoms with Gasteiger partial charge in [0.25, 0.3) is 5.91 Å². The largest absolute Gasteiger partial charge is 0.324 e. The molecule has 0 spiro atoms. The molecule has 124 valence electrons. The van der Waals surface area contributed by atoms with Crippen LogP contribution in [0.5, 0.6) is 0 Å². The first-order valence-corrected chi connectivity index (χ1v) is 8.85. The SMILES string of the molecule is CC1Sc2ccc(C(=O)Nc3cccc(C(C)C)c3)cc2NC1=O.